The lowest BCUT2D eigenvalue weighted by Gasteiger charge is -2.26. The molecule has 0 saturated carbocycles. The number of ether oxygens (including phenoxy) is 2. The van der Waals surface area contributed by atoms with Gasteiger partial charge in [-0.2, -0.15) is 0 Å². The highest BCUT2D eigenvalue weighted by Gasteiger charge is 2.21. The molecular formula is C19H26N2O2. The number of hydrogen-bond donors (Lipinski definition) is 2. The first kappa shape index (κ1) is 17.0. The Bertz CT molecular complexity index is 624. The fraction of sp³-hybridized carbons (Fsp3) is 0.368. The third kappa shape index (κ3) is 4.81. The lowest BCUT2D eigenvalue weighted by molar-refractivity contribution is 0.110. The zero-order chi connectivity index (χ0) is 17.0. The van der Waals surface area contributed by atoms with Crippen LogP contribution in [-0.4, -0.2) is 13.2 Å². The van der Waals surface area contributed by atoms with Crippen molar-refractivity contribution in [1.82, 2.24) is 0 Å². The molecule has 0 bridgehead atoms. The van der Waals surface area contributed by atoms with Crippen molar-refractivity contribution in [2.75, 3.05) is 24.7 Å². The molecule has 23 heavy (non-hydrogen) atoms. The second-order valence-electron chi connectivity index (χ2n) is 6.79. The second kappa shape index (κ2) is 6.82. The van der Waals surface area contributed by atoms with Crippen LogP contribution in [0.2, 0.25) is 0 Å². The van der Waals surface area contributed by atoms with Crippen LogP contribution in [0.15, 0.2) is 36.4 Å². The first-order valence-electron chi connectivity index (χ1n) is 7.75. The van der Waals surface area contributed by atoms with Crippen LogP contribution in [0.5, 0.6) is 11.5 Å². The maximum atomic E-state index is 5.94. The normalized spacial score (nSPS) is 11.3. The molecule has 0 saturated heterocycles. The second-order valence-corrected chi connectivity index (χ2v) is 6.79. The van der Waals surface area contributed by atoms with Gasteiger partial charge in [-0.1, -0.05) is 13.8 Å². The molecule has 2 aromatic rings. The maximum Gasteiger partial charge on any atom is 0.122 e. The zero-order valence-electron chi connectivity index (χ0n) is 14.3. The van der Waals surface area contributed by atoms with Crippen molar-refractivity contribution in [2.45, 2.75) is 27.7 Å². The van der Waals surface area contributed by atoms with E-state index in [1.54, 1.807) is 0 Å². The molecule has 0 spiro atoms. The minimum Gasteiger partial charge on any atom is -0.493 e. The van der Waals surface area contributed by atoms with Gasteiger partial charge < -0.3 is 20.9 Å². The number of benzene rings is 2. The van der Waals surface area contributed by atoms with E-state index < -0.39 is 0 Å². The first-order chi connectivity index (χ1) is 10.8. The van der Waals surface area contributed by atoms with Gasteiger partial charge in [-0.15, -0.1) is 0 Å². The van der Waals surface area contributed by atoms with Crippen molar-refractivity contribution in [2.24, 2.45) is 5.41 Å². The van der Waals surface area contributed by atoms with E-state index in [-0.39, 0.29) is 5.41 Å². The molecule has 0 radical (unpaired) electrons. The first-order valence-corrected chi connectivity index (χ1v) is 7.75. The van der Waals surface area contributed by atoms with Crippen molar-refractivity contribution >= 4 is 11.4 Å². The summed E-state index contributed by atoms with van der Waals surface area (Å²) < 4.78 is 11.9. The smallest absolute Gasteiger partial charge is 0.122 e. The molecule has 0 atom stereocenters. The van der Waals surface area contributed by atoms with E-state index in [0.29, 0.717) is 13.2 Å². The lowest BCUT2D eigenvalue weighted by Crippen LogP contribution is -2.29. The van der Waals surface area contributed by atoms with E-state index in [9.17, 15) is 0 Å². The van der Waals surface area contributed by atoms with Crippen LogP contribution in [0.4, 0.5) is 11.4 Å². The largest absolute Gasteiger partial charge is 0.493 e. The Labute approximate surface area is 138 Å². The summed E-state index contributed by atoms with van der Waals surface area (Å²) in [4.78, 5) is 0. The predicted octanol–water partition coefficient (Wildman–Crippen LogP) is 3.95. The van der Waals surface area contributed by atoms with Crippen molar-refractivity contribution in [3.05, 3.63) is 47.5 Å². The molecule has 0 aliphatic rings. The number of rotatable bonds is 6. The van der Waals surface area contributed by atoms with Crippen LogP contribution in [0.1, 0.15) is 25.0 Å². The van der Waals surface area contributed by atoms with E-state index in [4.69, 9.17) is 20.9 Å². The standard InChI is InChI=1S/C19H26N2O2/c1-13-9-15(20)5-7-17(13)22-11-19(3,4)12-23-18-8-6-16(21)10-14(18)2/h5-10H,11-12,20-21H2,1-4H3. The molecule has 4 N–H and O–H groups in total. The quantitative estimate of drug-likeness (QED) is 0.792. The van der Waals surface area contributed by atoms with Crippen LogP contribution >= 0.6 is 0 Å². The van der Waals surface area contributed by atoms with Crippen molar-refractivity contribution in [3.63, 3.8) is 0 Å². The van der Waals surface area contributed by atoms with Crippen LogP contribution < -0.4 is 20.9 Å². The van der Waals surface area contributed by atoms with Gasteiger partial charge in [-0.3, -0.25) is 0 Å². The van der Waals surface area contributed by atoms with E-state index in [1.807, 2.05) is 50.2 Å². The molecular weight excluding hydrogens is 288 g/mol. The number of hydrogen-bond acceptors (Lipinski definition) is 4. The fourth-order valence-electron chi connectivity index (χ4n) is 2.26. The van der Waals surface area contributed by atoms with Gasteiger partial charge in [-0.25, -0.2) is 0 Å². The summed E-state index contributed by atoms with van der Waals surface area (Å²) >= 11 is 0. The summed E-state index contributed by atoms with van der Waals surface area (Å²) in [6.45, 7) is 9.34. The summed E-state index contributed by atoms with van der Waals surface area (Å²) in [6, 6.07) is 11.3. The molecule has 4 nitrogen and oxygen atoms in total. The number of nitrogen functional groups attached to an aromatic ring is 2. The molecule has 0 fully saturated rings. The average Bonchev–Trinajstić information content (AvgIpc) is 2.45. The van der Waals surface area contributed by atoms with Crippen molar-refractivity contribution in [1.29, 1.82) is 0 Å². The summed E-state index contributed by atoms with van der Waals surface area (Å²) in [6.07, 6.45) is 0. The van der Waals surface area contributed by atoms with Gasteiger partial charge in [0.1, 0.15) is 11.5 Å². The van der Waals surface area contributed by atoms with Gasteiger partial charge in [-0.05, 0) is 61.4 Å². The topological polar surface area (TPSA) is 70.5 Å². The third-order valence-corrected chi connectivity index (χ3v) is 3.63. The molecule has 2 aromatic carbocycles. The van der Waals surface area contributed by atoms with Crippen molar-refractivity contribution in [3.8, 4) is 11.5 Å². The van der Waals surface area contributed by atoms with E-state index in [0.717, 1.165) is 34.0 Å². The fourth-order valence-corrected chi connectivity index (χ4v) is 2.26. The van der Waals surface area contributed by atoms with E-state index >= 15 is 0 Å². The van der Waals surface area contributed by atoms with Gasteiger partial charge in [0.05, 0.1) is 13.2 Å². The molecule has 0 aliphatic heterocycles. The monoisotopic (exact) mass is 314 g/mol. The molecule has 2 rings (SSSR count). The summed E-state index contributed by atoms with van der Waals surface area (Å²) in [5.41, 5.74) is 15.0. The van der Waals surface area contributed by atoms with E-state index in [2.05, 4.69) is 13.8 Å². The van der Waals surface area contributed by atoms with Crippen LogP contribution in [0.25, 0.3) is 0 Å². The third-order valence-electron chi connectivity index (χ3n) is 3.63. The number of anilines is 2. The molecule has 0 aromatic heterocycles. The van der Waals surface area contributed by atoms with Crippen molar-refractivity contribution < 1.29 is 9.47 Å². The van der Waals surface area contributed by atoms with E-state index in [1.165, 1.54) is 0 Å². The number of aryl methyl sites for hydroxylation is 2. The summed E-state index contributed by atoms with van der Waals surface area (Å²) in [5.74, 6) is 1.71. The van der Waals surface area contributed by atoms with Gasteiger partial charge in [0, 0.05) is 16.8 Å². The van der Waals surface area contributed by atoms with Crippen LogP contribution in [0, 0.1) is 19.3 Å². The lowest BCUT2D eigenvalue weighted by atomic mass is 9.96. The Balaban J connectivity index is 1.93. The highest BCUT2D eigenvalue weighted by atomic mass is 16.5. The van der Waals surface area contributed by atoms with Gasteiger partial charge in [0.25, 0.3) is 0 Å². The highest BCUT2D eigenvalue weighted by molar-refractivity contribution is 5.48. The zero-order valence-corrected chi connectivity index (χ0v) is 14.3. The highest BCUT2D eigenvalue weighted by Crippen LogP contribution is 2.26. The van der Waals surface area contributed by atoms with Gasteiger partial charge in [0.2, 0.25) is 0 Å². The Morgan fingerprint density at radius 1 is 0.783 bits per heavy atom. The van der Waals surface area contributed by atoms with Gasteiger partial charge >= 0.3 is 0 Å². The minimum atomic E-state index is -0.123. The number of nitrogens with two attached hydrogens (primary N) is 2. The molecule has 0 amide bonds. The SMILES string of the molecule is Cc1cc(N)ccc1OCC(C)(C)COc1ccc(N)cc1C. The molecule has 0 aliphatic carbocycles. The Morgan fingerprint density at radius 3 is 1.52 bits per heavy atom. The molecule has 124 valence electrons. The predicted molar refractivity (Wildman–Crippen MR) is 96.0 cm³/mol. The Kier molecular flexibility index (Phi) is 5.04. The average molecular weight is 314 g/mol. The summed E-state index contributed by atoms with van der Waals surface area (Å²) in [7, 11) is 0. The molecule has 4 heteroatoms. The van der Waals surface area contributed by atoms with Gasteiger partial charge in [0.15, 0.2) is 0 Å². The Hall–Kier alpha value is -2.36. The minimum absolute atomic E-state index is 0.123. The molecule has 0 unspecified atom stereocenters. The molecule has 0 heterocycles. The Morgan fingerprint density at radius 2 is 1.17 bits per heavy atom. The van der Waals surface area contributed by atoms with Crippen LogP contribution in [0.3, 0.4) is 0 Å². The van der Waals surface area contributed by atoms with Crippen LogP contribution in [-0.2, 0) is 0 Å². The summed E-state index contributed by atoms with van der Waals surface area (Å²) in [5, 5.41) is 0. The maximum absolute atomic E-state index is 5.94.